The zero-order valence-electron chi connectivity index (χ0n) is 68.7. The minimum atomic E-state index is -3.17. The number of benzene rings is 6. The van der Waals surface area contributed by atoms with Gasteiger partial charge in [-0.25, -0.2) is 64.3 Å². The van der Waals surface area contributed by atoms with E-state index in [-0.39, 0.29) is 22.6 Å². The van der Waals surface area contributed by atoms with Crippen LogP contribution in [0.15, 0.2) is 170 Å². The number of sulfonamides is 2. The number of piperazine rings is 2. The number of rotatable bonds is 24. The maximum absolute atomic E-state index is 14.5. The van der Waals surface area contributed by atoms with Crippen molar-refractivity contribution in [2.24, 2.45) is 0 Å². The number of fused-ring (bicyclic) bond motifs is 2. The first-order chi connectivity index (χ1) is 58.9. The molecule has 6 aromatic carbocycles. The molecule has 10 heterocycles. The molecule has 4 aliphatic heterocycles. The predicted octanol–water partition coefficient (Wildman–Crippen LogP) is 13.7. The SMILES string of the molecule is CCc1cc(Nc2nccc(-c3c(-c4ccc(OC)c(C(=O)Nc5c(F)cccc5F)c4)nc4ccccn34)n2)c(OC)cc1N1CCC(N2CCN(S(C)(=O)=O)CC2)CC1.CCc1cc(Nc2nccc(-c3c(-c4ccc(OC)c(C(=O)Nc5c(F)cccc5F)c4)nc4ccccn34)n2)c(OC)cc1N1CCC(N2CCN(S(C)(=O)=O)CC2)CC1. The van der Waals surface area contributed by atoms with Crippen molar-refractivity contribution in [1.82, 2.24) is 57.1 Å². The van der Waals surface area contributed by atoms with Crippen LogP contribution >= 0.6 is 0 Å². The summed E-state index contributed by atoms with van der Waals surface area (Å²) in [4.78, 5) is 65.6. The molecule has 0 bridgehead atoms. The van der Waals surface area contributed by atoms with Crippen LogP contribution in [0, 0.1) is 23.3 Å². The van der Waals surface area contributed by atoms with E-state index >= 15 is 0 Å². The van der Waals surface area contributed by atoms with E-state index in [1.165, 1.54) is 38.9 Å². The first kappa shape index (κ1) is 84.7. The lowest BCUT2D eigenvalue weighted by molar-refractivity contribution is 0.101. The fourth-order valence-corrected chi connectivity index (χ4v) is 18.2. The summed E-state index contributed by atoms with van der Waals surface area (Å²) in [6.07, 6.45) is 15.1. The van der Waals surface area contributed by atoms with Crippen LogP contribution in [0.5, 0.6) is 23.0 Å². The average molecular weight is 1700 g/mol. The van der Waals surface area contributed by atoms with Gasteiger partial charge in [-0.05, 0) is 159 Å². The van der Waals surface area contributed by atoms with E-state index in [1.807, 2.05) is 57.6 Å². The van der Waals surface area contributed by atoms with Gasteiger partial charge in [0.1, 0.15) is 68.9 Å². The summed E-state index contributed by atoms with van der Waals surface area (Å²) >= 11 is 0. The van der Waals surface area contributed by atoms with Gasteiger partial charge >= 0.3 is 0 Å². The third-order valence-electron chi connectivity index (χ3n) is 22.9. The van der Waals surface area contributed by atoms with Crippen molar-refractivity contribution in [2.45, 2.75) is 64.5 Å². The molecule has 0 saturated carbocycles. The molecule has 34 heteroatoms. The minimum Gasteiger partial charge on any atom is -0.496 e. The van der Waals surface area contributed by atoms with Crippen LogP contribution in [-0.2, 0) is 32.9 Å². The number of para-hydroxylation sites is 2. The average Bonchev–Trinajstić information content (AvgIpc) is 1.61. The number of aromatic nitrogens is 8. The molecule has 2 amide bonds. The van der Waals surface area contributed by atoms with Crippen LogP contribution in [0.1, 0.15) is 71.4 Å². The molecule has 4 saturated heterocycles. The zero-order chi connectivity index (χ0) is 85.7. The largest absolute Gasteiger partial charge is 0.496 e. The number of nitrogens with one attached hydrogen (secondary N) is 4. The highest BCUT2D eigenvalue weighted by Crippen LogP contribution is 2.43. The molecule has 4 N–H and O–H groups in total. The summed E-state index contributed by atoms with van der Waals surface area (Å²) in [5, 5.41) is 11.5. The fraction of sp³-hybridized carbons (Fsp3) is 0.318. The van der Waals surface area contributed by atoms with E-state index in [4.69, 9.17) is 38.9 Å². The van der Waals surface area contributed by atoms with Crippen LogP contribution in [0.3, 0.4) is 0 Å². The molecule has 0 radical (unpaired) electrons. The number of amides is 2. The van der Waals surface area contributed by atoms with Crippen molar-refractivity contribution in [2.75, 3.05) is 151 Å². The molecule has 6 aromatic heterocycles. The molecular formula is C88H94F4N18O10S2. The summed E-state index contributed by atoms with van der Waals surface area (Å²) in [7, 11) is -0.256. The second-order valence-corrected chi connectivity index (χ2v) is 34.1. The Labute approximate surface area is 704 Å². The molecule has 4 aliphatic rings. The molecule has 0 atom stereocenters. The number of aryl methyl sites for hydroxylation is 2. The topological polar surface area (TPSA) is 293 Å². The number of piperidine rings is 2. The molecule has 0 unspecified atom stereocenters. The lowest BCUT2D eigenvalue weighted by Crippen LogP contribution is -2.54. The van der Waals surface area contributed by atoms with Gasteiger partial charge in [0, 0.05) is 150 Å². The van der Waals surface area contributed by atoms with Gasteiger partial charge in [0.15, 0.2) is 0 Å². The van der Waals surface area contributed by atoms with Gasteiger partial charge in [-0.3, -0.25) is 28.2 Å². The Balaban J connectivity index is 0.000000190. The lowest BCUT2D eigenvalue weighted by atomic mass is 9.99. The van der Waals surface area contributed by atoms with Crippen molar-refractivity contribution in [3.8, 4) is 68.3 Å². The number of carbonyl (C=O) groups is 2. The van der Waals surface area contributed by atoms with Gasteiger partial charge < -0.3 is 50.0 Å². The van der Waals surface area contributed by atoms with Gasteiger partial charge in [0.05, 0.1) is 97.6 Å². The Morgan fingerprint density at radius 3 is 1.15 bits per heavy atom. The minimum absolute atomic E-state index is 0.0485. The van der Waals surface area contributed by atoms with E-state index in [2.05, 4.69) is 88.9 Å². The summed E-state index contributed by atoms with van der Waals surface area (Å²) < 4.78 is 136. The second-order valence-electron chi connectivity index (χ2n) is 30.1. The zero-order valence-corrected chi connectivity index (χ0v) is 70.4. The Hall–Kier alpha value is -12.3. The Morgan fingerprint density at radius 1 is 0.434 bits per heavy atom. The van der Waals surface area contributed by atoms with Crippen LogP contribution in [0.4, 0.5) is 63.6 Å². The van der Waals surface area contributed by atoms with Gasteiger partial charge in [-0.15, -0.1) is 0 Å². The van der Waals surface area contributed by atoms with Gasteiger partial charge in [0.2, 0.25) is 31.9 Å². The summed E-state index contributed by atoms with van der Waals surface area (Å²) in [6.45, 7) is 12.9. The number of nitrogens with zero attached hydrogens (tertiary/aromatic N) is 14. The lowest BCUT2D eigenvalue weighted by Gasteiger charge is -2.43. The van der Waals surface area contributed by atoms with Crippen LogP contribution in [0.2, 0.25) is 0 Å². The van der Waals surface area contributed by atoms with E-state index in [0.29, 0.717) is 130 Å². The number of pyridine rings is 2. The highest BCUT2D eigenvalue weighted by atomic mass is 32.2. The number of ether oxygens (including phenoxy) is 4. The quantitative estimate of drug-likeness (QED) is 0.0409. The Morgan fingerprint density at radius 2 is 0.803 bits per heavy atom. The Bertz CT molecular complexity index is 5720. The smallest absolute Gasteiger partial charge is 0.259 e. The Kier molecular flexibility index (Phi) is 25.4. The molecular weight excluding hydrogens is 1610 g/mol. The van der Waals surface area contributed by atoms with Gasteiger partial charge in [0.25, 0.3) is 11.8 Å². The highest BCUT2D eigenvalue weighted by Gasteiger charge is 2.35. The fourth-order valence-electron chi connectivity index (χ4n) is 16.5. The molecule has 0 aliphatic carbocycles. The van der Waals surface area contributed by atoms with E-state index in [1.54, 1.807) is 83.8 Å². The number of anilines is 8. The third kappa shape index (κ3) is 18.2. The maximum atomic E-state index is 14.5. The molecule has 122 heavy (non-hydrogen) atoms. The maximum Gasteiger partial charge on any atom is 0.259 e. The standard InChI is InChI=1S/2C44H47F2N9O5S/c2*1-5-28-26-35(38(60-3)27-36(28)53-19-15-30(16-20-53)52-21-23-54(24-22-52)61(4,57)58)49-44-47-17-14-34(48-44)42-40(50-39-11-6-7-18-55(39)42)29-12-13-37(59-2)31(25-29)43(56)51-41-32(45)9-8-10-33(41)46/h2*6-14,17-18,25-27,30H,5,15-16,19-24H2,1-4H3,(H,51,56)(H,47,48,49). The van der Waals surface area contributed by atoms with Crippen molar-refractivity contribution in [3.63, 3.8) is 0 Å². The van der Waals surface area contributed by atoms with Crippen molar-refractivity contribution in [1.29, 1.82) is 0 Å². The number of hydrogen-bond acceptors (Lipinski definition) is 22. The first-order valence-corrected chi connectivity index (χ1v) is 43.9. The third-order valence-corrected chi connectivity index (χ3v) is 25.5. The summed E-state index contributed by atoms with van der Waals surface area (Å²) in [5.41, 5.74) is 10.5. The molecule has 636 valence electrons. The predicted molar refractivity (Wildman–Crippen MR) is 463 cm³/mol. The van der Waals surface area contributed by atoms with Crippen LogP contribution in [0.25, 0.3) is 56.6 Å². The number of hydrogen-bond donors (Lipinski definition) is 4. The summed E-state index contributed by atoms with van der Waals surface area (Å²) in [6, 6.07) is 40.4. The number of carbonyl (C=O) groups excluding carboxylic acids is 2. The number of imidazole rings is 2. The molecule has 28 nitrogen and oxygen atoms in total. The molecule has 16 rings (SSSR count). The second kappa shape index (κ2) is 36.5. The summed E-state index contributed by atoms with van der Waals surface area (Å²) in [5.74, 6) is -2.84. The normalized spacial score (nSPS) is 15.5. The van der Waals surface area contributed by atoms with Crippen molar-refractivity contribution >= 4 is 89.2 Å². The van der Waals surface area contributed by atoms with Crippen LogP contribution in [-0.4, -0.2) is 217 Å². The molecule has 4 fully saturated rings. The van der Waals surface area contributed by atoms with E-state index in [9.17, 15) is 44.0 Å². The van der Waals surface area contributed by atoms with E-state index in [0.717, 1.165) is 138 Å². The number of methoxy groups -OCH3 is 4. The highest BCUT2D eigenvalue weighted by molar-refractivity contribution is 7.88. The van der Waals surface area contributed by atoms with Gasteiger partial charge in [-0.2, -0.15) is 8.61 Å². The van der Waals surface area contributed by atoms with Gasteiger partial charge in [-0.1, -0.05) is 38.1 Å². The molecule has 0 spiro atoms. The van der Waals surface area contributed by atoms with Crippen LogP contribution < -0.4 is 50.0 Å². The first-order valence-electron chi connectivity index (χ1n) is 40.2. The van der Waals surface area contributed by atoms with Crippen molar-refractivity contribution < 1.29 is 62.9 Å². The van der Waals surface area contributed by atoms with E-state index < -0.39 is 66.5 Å². The monoisotopic (exact) mass is 1700 g/mol. The van der Waals surface area contributed by atoms with Crippen molar-refractivity contribution in [3.05, 3.63) is 216 Å². The molecule has 12 aromatic rings. The number of halogens is 4.